The van der Waals surface area contributed by atoms with Crippen LogP contribution in [-0.4, -0.2) is 49.6 Å². The maximum absolute atomic E-state index is 11.7. The van der Waals surface area contributed by atoms with Crippen molar-refractivity contribution < 1.29 is 13.2 Å². The lowest BCUT2D eigenvalue weighted by molar-refractivity contribution is -0.122. The van der Waals surface area contributed by atoms with Crippen LogP contribution >= 0.6 is 0 Å². The SMILES string of the molecule is CCC(N)CC(=O)NC1CCN(S(=O)(=O)CC)CC1. The van der Waals surface area contributed by atoms with Crippen LogP contribution in [0.25, 0.3) is 0 Å². The number of nitrogens with two attached hydrogens (primary N) is 1. The van der Waals surface area contributed by atoms with Gasteiger partial charge in [-0.15, -0.1) is 0 Å². The molecule has 0 spiro atoms. The summed E-state index contributed by atoms with van der Waals surface area (Å²) in [4.78, 5) is 11.7. The van der Waals surface area contributed by atoms with Crippen LogP contribution in [0.1, 0.15) is 39.5 Å². The lowest BCUT2D eigenvalue weighted by Gasteiger charge is -2.31. The second kappa shape index (κ2) is 7.21. The average Bonchev–Trinajstić information content (AvgIpc) is 2.39. The standard InChI is InChI=1S/C12H25N3O3S/c1-3-10(13)9-12(16)14-11-5-7-15(8-6-11)19(17,18)4-2/h10-11H,3-9,13H2,1-2H3,(H,14,16). The van der Waals surface area contributed by atoms with Crippen LogP contribution in [-0.2, 0) is 14.8 Å². The molecule has 112 valence electrons. The molecular weight excluding hydrogens is 266 g/mol. The van der Waals surface area contributed by atoms with Crippen molar-refractivity contribution >= 4 is 15.9 Å². The zero-order chi connectivity index (χ0) is 14.5. The van der Waals surface area contributed by atoms with E-state index in [2.05, 4.69) is 5.32 Å². The Kier molecular flexibility index (Phi) is 6.22. The van der Waals surface area contributed by atoms with Crippen molar-refractivity contribution in [2.75, 3.05) is 18.8 Å². The van der Waals surface area contributed by atoms with Crippen LogP contribution < -0.4 is 11.1 Å². The molecule has 1 aliphatic rings. The first-order valence-electron chi connectivity index (χ1n) is 6.91. The van der Waals surface area contributed by atoms with Crippen LogP contribution in [0.5, 0.6) is 0 Å². The molecule has 1 aliphatic heterocycles. The lowest BCUT2D eigenvalue weighted by Crippen LogP contribution is -2.47. The van der Waals surface area contributed by atoms with E-state index in [0.29, 0.717) is 32.4 Å². The zero-order valence-corrected chi connectivity index (χ0v) is 12.6. The van der Waals surface area contributed by atoms with Gasteiger partial charge in [-0.1, -0.05) is 6.92 Å². The van der Waals surface area contributed by atoms with E-state index in [1.165, 1.54) is 4.31 Å². The van der Waals surface area contributed by atoms with Crippen LogP contribution in [0.15, 0.2) is 0 Å². The van der Waals surface area contributed by atoms with E-state index < -0.39 is 10.0 Å². The maximum Gasteiger partial charge on any atom is 0.221 e. The van der Waals surface area contributed by atoms with Gasteiger partial charge in [0.15, 0.2) is 0 Å². The molecule has 0 aromatic carbocycles. The van der Waals surface area contributed by atoms with Gasteiger partial charge < -0.3 is 11.1 Å². The summed E-state index contributed by atoms with van der Waals surface area (Å²) in [6.07, 6.45) is 2.46. The van der Waals surface area contributed by atoms with Crippen molar-refractivity contribution in [3.05, 3.63) is 0 Å². The third kappa shape index (κ3) is 5.08. The Labute approximate surface area is 115 Å². The predicted molar refractivity (Wildman–Crippen MR) is 75.1 cm³/mol. The molecule has 0 radical (unpaired) electrons. The molecule has 1 unspecified atom stereocenters. The lowest BCUT2D eigenvalue weighted by atomic mass is 10.1. The fraction of sp³-hybridized carbons (Fsp3) is 0.917. The molecule has 0 aromatic heterocycles. The molecule has 1 fully saturated rings. The third-order valence-electron chi connectivity index (χ3n) is 3.55. The van der Waals surface area contributed by atoms with Gasteiger partial charge in [0.1, 0.15) is 0 Å². The molecule has 1 saturated heterocycles. The highest BCUT2D eigenvalue weighted by Gasteiger charge is 2.27. The molecule has 1 rings (SSSR count). The molecule has 1 atom stereocenters. The normalized spacial score (nSPS) is 20.2. The van der Waals surface area contributed by atoms with Gasteiger partial charge in [-0.3, -0.25) is 4.79 Å². The summed E-state index contributed by atoms with van der Waals surface area (Å²) in [6.45, 7) is 4.57. The summed E-state index contributed by atoms with van der Waals surface area (Å²) in [5.74, 6) is 0.0983. The van der Waals surface area contributed by atoms with Crippen LogP contribution in [0.2, 0.25) is 0 Å². The van der Waals surface area contributed by atoms with E-state index in [0.717, 1.165) is 6.42 Å². The second-order valence-electron chi connectivity index (χ2n) is 5.01. The first kappa shape index (κ1) is 16.4. The fourth-order valence-electron chi connectivity index (χ4n) is 2.13. The topological polar surface area (TPSA) is 92.5 Å². The number of nitrogens with one attached hydrogen (secondary N) is 1. The minimum absolute atomic E-state index is 0.0360. The number of hydrogen-bond donors (Lipinski definition) is 2. The van der Waals surface area contributed by atoms with Gasteiger partial charge in [0.25, 0.3) is 0 Å². The van der Waals surface area contributed by atoms with E-state index in [-0.39, 0.29) is 23.7 Å². The monoisotopic (exact) mass is 291 g/mol. The van der Waals surface area contributed by atoms with Gasteiger partial charge in [-0.05, 0) is 26.2 Å². The second-order valence-corrected chi connectivity index (χ2v) is 7.27. The van der Waals surface area contributed by atoms with Crippen molar-refractivity contribution in [2.24, 2.45) is 5.73 Å². The highest BCUT2D eigenvalue weighted by Crippen LogP contribution is 2.14. The summed E-state index contributed by atoms with van der Waals surface area (Å²) >= 11 is 0. The van der Waals surface area contributed by atoms with E-state index in [9.17, 15) is 13.2 Å². The fourth-order valence-corrected chi connectivity index (χ4v) is 3.26. The Bertz CT molecular complexity index is 389. The van der Waals surface area contributed by atoms with Gasteiger partial charge >= 0.3 is 0 Å². The van der Waals surface area contributed by atoms with E-state index in [4.69, 9.17) is 5.73 Å². The first-order chi connectivity index (χ1) is 8.89. The van der Waals surface area contributed by atoms with Crippen molar-refractivity contribution in [1.29, 1.82) is 0 Å². The molecule has 1 amide bonds. The molecule has 0 saturated carbocycles. The van der Waals surface area contributed by atoms with Gasteiger partial charge in [0, 0.05) is 31.6 Å². The van der Waals surface area contributed by atoms with Gasteiger partial charge in [0.05, 0.1) is 5.75 Å². The smallest absolute Gasteiger partial charge is 0.221 e. The number of amides is 1. The number of hydrogen-bond acceptors (Lipinski definition) is 4. The average molecular weight is 291 g/mol. The maximum atomic E-state index is 11.7. The van der Waals surface area contributed by atoms with Crippen molar-refractivity contribution in [2.45, 2.75) is 51.6 Å². The number of carbonyl (C=O) groups excluding carboxylic acids is 1. The summed E-state index contributed by atoms with van der Waals surface area (Å²) < 4.78 is 24.9. The summed E-state index contributed by atoms with van der Waals surface area (Å²) in [5.41, 5.74) is 5.73. The molecule has 0 aliphatic carbocycles. The summed E-state index contributed by atoms with van der Waals surface area (Å²) in [5, 5.41) is 2.93. The summed E-state index contributed by atoms with van der Waals surface area (Å²) in [7, 11) is -3.10. The molecule has 0 bridgehead atoms. The summed E-state index contributed by atoms with van der Waals surface area (Å²) in [6, 6.07) is -0.0274. The molecule has 1 heterocycles. The highest BCUT2D eigenvalue weighted by molar-refractivity contribution is 7.89. The van der Waals surface area contributed by atoms with Crippen LogP contribution in [0.3, 0.4) is 0 Å². The third-order valence-corrected chi connectivity index (χ3v) is 5.43. The largest absolute Gasteiger partial charge is 0.353 e. The van der Waals surface area contributed by atoms with Crippen LogP contribution in [0.4, 0.5) is 0 Å². The Balaban J connectivity index is 2.36. The Hall–Kier alpha value is -0.660. The predicted octanol–water partition coefficient (Wildman–Crippen LogP) is 0.0441. The van der Waals surface area contributed by atoms with E-state index >= 15 is 0 Å². The zero-order valence-electron chi connectivity index (χ0n) is 11.8. The van der Waals surface area contributed by atoms with Crippen molar-refractivity contribution in [1.82, 2.24) is 9.62 Å². The molecule has 3 N–H and O–H groups in total. The van der Waals surface area contributed by atoms with Crippen molar-refractivity contribution in [3.63, 3.8) is 0 Å². The van der Waals surface area contributed by atoms with Gasteiger partial charge in [-0.2, -0.15) is 0 Å². The highest BCUT2D eigenvalue weighted by atomic mass is 32.2. The molecular formula is C12H25N3O3S. The Morgan fingerprint density at radius 2 is 1.95 bits per heavy atom. The first-order valence-corrected chi connectivity index (χ1v) is 8.52. The molecule has 0 aromatic rings. The van der Waals surface area contributed by atoms with E-state index in [1.807, 2.05) is 6.92 Å². The van der Waals surface area contributed by atoms with Gasteiger partial charge in [0.2, 0.25) is 15.9 Å². The minimum atomic E-state index is -3.10. The van der Waals surface area contributed by atoms with E-state index in [1.54, 1.807) is 6.92 Å². The molecule has 6 nitrogen and oxygen atoms in total. The van der Waals surface area contributed by atoms with Gasteiger partial charge in [-0.25, -0.2) is 12.7 Å². The number of nitrogens with zero attached hydrogens (tertiary/aromatic N) is 1. The minimum Gasteiger partial charge on any atom is -0.353 e. The Morgan fingerprint density at radius 3 is 2.42 bits per heavy atom. The molecule has 19 heavy (non-hydrogen) atoms. The van der Waals surface area contributed by atoms with Crippen LogP contribution in [0, 0.1) is 0 Å². The molecule has 7 heteroatoms. The Morgan fingerprint density at radius 1 is 1.37 bits per heavy atom. The number of carbonyl (C=O) groups is 1. The number of piperidine rings is 1. The van der Waals surface area contributed by atoms with Crippen molar-refractivity contribution in [3.8, 4) is 0 Å². The number of rotatable bonds is 6. The quantitative estimate of drug-likeness (QED) is 0.723. The number of sulfonamides is 1.